The van der Waals surface area contributed by atoms with Crippen LogP contribution in [0, 0.1) is 0 Å². The molecule has 0 fully saturated rings. The summed E-state index contributed by atoms with van der Waals surface area (Å²) in [5.41, 5.74) is 0. The van der Waals surface area contributed by atoms with E-state index in [2.05, 4.69) is 34.6 Å². The Balaban J connectivity index is 4.29. The summed E-state index contributed by atoms with van der Waals surface area (Å²) in [5, 5.41) is 0. The third-order valence-corrected chi connectivity index (χ3v) is 6.16. The highest BCUT2D eigenvalue weighted by atomic mass is 35.6. The van der Waals surface area contributed by atoms with Gasteiger partial charge in [-0.1, -0.05) is 38.3 Å². The van der Waals surface area contributed by atoms with Crippen LogP contribution in [0.25, 0.3) is 0 Å². The van der Waals surface area contributed by atoms with Gasteiger partial charge >= 0.3 is 7.87 Å². The zero-order valence-electron chi connectivity index (χ0n) is 10.7. The molecular formula is C11H25ClO2Si. The molecule has 0 bridgehead atoms. The molecule has 0 aromatic heterocycles. The molecule has 0 amide bonds. The van der Waals surface area contributed by atoms with Gasteiger partial charge in [0.15, 0.2) is 0 Å². The SMILES string of the molecule is CCC[Si](Cl)(OC(C)CC)OC(C)CC. The standard InChI is InChI=1S/C11H25ClO2Si/c1-6-9-15(12,13-10(4)7-2)14-11(5)8-3/h10-11H,6-9H2,1-5H3. The fraction of sp³-hybridized carbons (Fsp3) is 1.00. The largest absolute Gasteiger partial charge is 0.443 e. The molecule has 2 atom stereocenters. The summed E-state index contributed by atoms with van der Waals surface area (Å²) in [5.74, 6) is 0. The first kappa shape index (κ1) is 15.4. The normalized spacial score (nSPS) is 19.6. The van der Waals surface area contributed by atoms with Crippen molar-refractivity contribution in [1.29, 1.82) is 0 Å². The second-order valence-electron chi connectivity index (χ2n) is 4.08. The zero-order chi connectivity index (χ0) is 11.9. The van der Waals surface area contributed by atoms with Crippen molar-refractivity contribution in [1.82, 2.24) is 0 Å². The second kappa shape index (κ2) is 7.66. The van der Waals surface area contributed by atoms with Crippen LogP contribution in [0.15, 0.2) is 0 Å². The summed E-state index contributed by atoms with van der Waals surface area (Å²) in [6.45, 7) is 10.4. The van der Waals surface area contributed by atoms with E-state index in [4.69, 9.17) is 19.9 Å². The molecule has 15 heavy (non-hydrogen) atoms. The van der Waals surface area contributed by atoms with Gasteiger partial charge in [0.1, 0.15) is 0 Å². The molecule has 0 aliphatic carbocycles. The fourth-order valence-electron chi connectivity index (χ4n) is 1.21. The van der Waals surface area contributed by atoms with Crippen LogP contribution in [0.5, 0.6) is 0 Å². The molecule has 0 aromatic carbocycles. The molecular weight excluding hydrogens is 228 g/mol. The van der Waals surface area contributed by atoms with Crippen LogP contribution in [0.4, 0.5) is 0 Å². The summed E-state index contributed by atoms with van der Waals surface area (Å²) in [4.78, 5) is 0. The van der Waals surface area contributed by atoms with E-state index >= 15 is 0 Å². The summed E-state index contributed by atoms with van der Waals surface area (Å²) >= 11 is 6.48. The third kappa shape index (κ3) is 6.56. The van der Waals surface area contributed by atoms with E-state index in [1.165, 1.54) is 0 Å². The first-order chi connectivity index (χ1) is 6.97. The van der Waals surface area contributed by atoms with Gasteiger partial charge in [0.25, 0.3) is 0 Å². The average Bonchev–Trinajstić information content (AvgIpc) is 2.17. The lowest BCUT2D eigenvalue weighted by atomic mass is 10.3. The summed E-state index contributed by atoms with van der Waals surface area (Å²) in [6, 6.07) is 0.864. The van der Waals surface area contributed by atoms with Gasteiger partial charge in [-0.25, -0.2) is 0 Å². The van der Waals surface area contributed by atoms with Crippen molar-refractivity contribution in [2.24, 2.45) is 0 Å². The lowest BCUT2D eigenvalue weighted by Gasteiger charge is -2.29. The minimum atomic E-state index is -2.45. The third-order valence-electron chi connectivity index (χ3n) is 2.45. The maximum Gasteiger partial charge on any atom is 0.443 e. The molecule has 0 N–H and O–H groups in total. The van der Waals surface area contributed by atoms with E-state index in [0.29, 0.717) is 0 Å². The Hall–Kier alpha value is 0.427. The number of rotatable bonds is 8. The molecule has 0 spiro atoms. The van der Waals surface area contributed by atoms with Crippen molar-refractivity contribution in [3.8, 4) is 0 Å². The summed E-state index contributed by atoms with van der Waals surface area (Å²) < 4.78 is 11.8. The van der Waals surface area contributed by atoms with Crippen molar-refractivity contribution >= 4 is 18.9 Å². The zero-order valence-corrected chi connectivity index (χ0v) is 12.4. The van der Waals surface area contributed by atoms with Gasteiger partial charge in [-0.3, -0.25) is 0 Å². The van der Waals surface area contributed by atoms with Crippen molar-refractivity contribution in [3.05, 3.63) is 0 Å². The Labute approximate surface area is 100 Å². The van der Waals surface area contributed by atoms with E-state index in [1.54, 1.807) is 0 Å². The van der Waals surface area contributed by atoms with Crippen molar-refractivity contribution in [3.63, 3.8) is 0 Å². The van der Waals surface area contributed by atoms with Gasteiger partial charge in [-0.2, -0.15) is 0 Å². The molecule has 2 unspecified atom stereocenters. The Bertz CT molecular complexity index is 155. The van der Waals surface area contributed by atoms with Crippen LogP contribution in [0.1, 0.15) is 53.9 Å². The molecule has 0 aliphatic heterocycles. The second-order valence-corrected chi connectivity index (χ2v) is 8.10. The van der Waals surface area contributed by atoms with Gasteiger partial charge in [-0.15, -0.1) is 0 Å². The molecule has 92 valence electrons. The smallest absolute Gasteiger partial charge is 0.380 e. The van der Waals surface area contributed by atoms with Crippen molar-refractivity contribution in [2.75, 3.05) is 0 Å². The summed E-state index contributed by atoms with van der Waals surface area (Å²) in [7, 11) is -2.45. The highest BCUT2D eigenvalue weighted by molar-refractivity contribution is 7.13. The number of halogens is 1. The van der Waals surface area contributed by atoms with Crippen LogP contribution in [0.3, 0.4) is 0 Å². The lowest BCUT2D eigenvalue weighted by molar-refractivity contribution is 0.102. The van der Waals surface area contributed by atoms with Gasteiger partial charge in [-0.05, 0) is 26.7 Å². The van der Waals surface area contributed by atoms with E-state index in [-0.39, 0.29) is 12.2 Å². The minimum Gasteiger partial charge on any atom is -0.380 e. The number of hydrogen-bond acceptors (Lipinski definition) is 2. The van der Waals surface area contributed by atoms with E-state index in [0.717, 1.165) is 25.3 Å². The first-order valence-corrected chi connectivity index (χ1v) is 9.05. The van der Waals surface area contributed by atoms with E-state index in [1.807, 2.05) is 0 Å². The predicted octanol–water partition coefficient (Wildman–Crippen LogP) is 4.20. The predicted molar refractivity (Wildman–Crippen MR) is 68.4 cm³/mol. The average molecular weight is 253 g/mol. The minimum absolute atomic E-state index is 0.199. The Morgan fingerprint density at radius 3 is 1.67 bits per heavy atom. The van der Waals surface area contributed by atoms with Crippen LogP contribution in [0.2, 0.25) is 6.04 Å². The highest BCUT2D eigenvalue weighted by Crippen LogP contribution is 2.25. The van der Waals surface area contributed by atoms with Crippen LogP contribution in [-0.4, -0.2) is 20.1 Å². The topological polar surface area (TPSA) is 18.5 Å². The quantitative estimate of drug-likeness (QED) is 0.476. The fourth-order valence-corrected chi connectivity index (χ4v) is 5.11. The van der Waals surface area contributed by atoms with Gasteiger partial charge < -0.3 is 8.85 Å². The Morgan fingerprint density at radius 2 is 1.40 bits per heavy atom. The molecule has 0 aliphatic rings. The van der Waals surface area contributed by atoms with Crippen LogP contribution in [-0.2, 0) is 8.85 Å². The van der Waals surface area contributed by atoms with Gasteiger partial charge in [0.05, 0.1) is 0 Å². The molecule has 0 saturated heterocycles. The van der Waals surface area contributed by atoms with Crippen molar-refractivity contribution < 1.29 is 8.85 Å². The van der Waals surface area contributed by atoms with Crippen LogP contribution < -0.4 is 0 Å². The summed E-state index contributed by atoms with van der Waals surface area (Å²) in [6.07, 6.45) is 3.38. The maximum absolute atomic E-state index is 6.48. The van der Waals surface area contributed by atoms with E-state index < -0.39 is 7.87 Å². The molecule has 0 radical (unpaired) electrons. The van der Waals surface area contributed by atoms with Gasteiger partial charge in [0, 0.05) is 18.3 Å². The Morgan fingerprint density at radius 1 is 1.00 bits per heavy atom. The Kier molecular flexibility index (Phi) is 7.88. The molecule has 0 aromatic rings. The molecule has 4 heteroatoms. The maximum atomic E-state index is 6.48. The van der Waals surface area contributed by atoms with Crippen LogP contribution >= 0.6 is 11.1 Å². The molecule has 0 saturated carbocycles. The number of hydrogen-bond donors (Lipinski definition) is 0. The molecule has 0 rings (SSSR count). The van der Waals surface area contributed by atoms with Crippen molar-refractivity contribution in [2.45, 2.75) is 72.1 Å². The highest BCUT2D eigenvalue weighted by Gasteiger charge is 2.37. The monoisotopic (exact) mass is 252 g/mol. The molecule has 2 nitrogen and oxygen atoms in total. The van der Waals surface area contributed by atoms with Gasteiger partial charge in [0.2, 0.25) is 0 Å². The first-order valence-electron chi connectivity index (χ1n) is 6.01. The molecule has 0 heterocycles. The van der Waals surface area contributed by atoms with E-state index in [9.17, 15) is 0 Å². The lowest BCUT2D eigenvalue weighted by Crippen LogP contribution is -2.41.